The summed E-state index contributed by atoms with van der Waals surface area (Å²) in [5.41, 5.74) is 1.02. The Morgan fingerprint density at radius 2 is 1.58 bits per heavy atom. The van der Waals surface area contributed by atoms with Gasteiger partial charge in [-0.3, -0.25) is 0 Å². The third kappa shape index (κ3) is 3.72. The summed E-state index contributed by atoms with van der Waals surface area (Å²) < 4.78 is 59.7. The highest BCUT2D eigenvalue weighted by Crippen LogP contribution is 2.34. The molecule has 1 fully saturated rings. The Morgan fingerprint density at radius 1 is 1.05 bits per heavy atom. The average Bonchev–Trinajstić information content (AvgIpc) is 2.79. The summed E-state index contributed by atoms with van der Waals surface area (Å²) in [6.07, 6.45) is -0.274. The van der Waals surface area contributed by atoms with Gasteiger partial charge < -0.3 is 0 Å². The van der Waals surface area contributed by atoms with Gasteiger partial charge in [-0.05, 0) is 36.5 Å². The standard InChI is InChI=1S/C13H15F3O2S/c14-13(15,16)9-19(17,18)12-7-5-11(6-8-12)10-3-1-2-4-10/h5-8,10H,1-4,9H2. The van der Waals surface area contributed by atoms with Crippen LogP contribution >= 0.6 is 0 Å². The molecular formula is C13H15F3O2S. The number of sulfone groups is 1. The molecular weight excluding hydrogens is 277 g/mol. The van der Waals surface area contributed by atoms with Gasteiger partial charge in [0.1, 0.15) is 0 Å². The normalized spacial score (nSPS) is 17.8. The fourth-order valence-electron chi connectivity index (χ4n) is 2.51. The molecule has 1 aromatic carbocycles. The summed E-state index contributed by atoms with van der Waals surface area (Å²) in [7, 11) is -4.28. The molecule has 0 heterocycles. The molecule has 0 radical (unpaired) electrons. The number of benzene rings is 1. The molecule has 1 aliphatic carbocycles. The summed E-state index contributed by atoms with van der Waals surface area (Å²) in [4.78, 5) is -0.258. The van der Waals surface area contributed by atoms with Crippen LogP contribution in [0.15, 0.2) is 29.2 Å². The van der Waals surface area contributed by atoms with Crippen molar-refractivity contribution in [1.82, 2.24) is 0 Å². The number of rotatable bonds is 3. The first-order valence-electron chi connectivity index (χ1n) is 6.17. The van der Waals surface area contributed by atoms with Crippen LogP contribution in [0, 0.1) is 0 Å². The molecule has 0 saturated heterocycles. The molecule has 0 atom stereocenters. The summed E-state index contributed by atoms with van der Waals surface area (Å²) in [5.74, 6) is -1.39. The van der Waals surface area contributed by atoms with Crippen molar-refractivity contribution in [2.24, 2.45) is 0 Å². The minimum Gasteiger partial charge on any atom is -0.223 e. The molecule has 19 heavy (non-hydrogen) atoms. The van der Waals surface area contributed by atoms with Crippen LogP contribution in [0.4, 0.5) is 13.2 Å². The van der Waals surface area contributed by atoms with Gasteiger partial charge in [0, 0.05) is 0 Å². The molecule has 1 aromatic rings. The number of alkyl halides is 3. The predicted octanol–water partition coefficient (Wildman–Crippen LogP) is 3.68. The average molecular weight is 292 g/mol. The van der Waals surface area contributed by atoms with Gasteiger partial charge in [0.15, 0.2) is 15.6 Å². The first-order chi connectivity index (χ1) is 8.78. The molecule has 1 saturated carbocycles. The third-order valence-corrected chi connectivity index (χ3v) is 5.12. The van der Waals surface area contributed by atoms with Crippen molar-refractivity contribution < 1.29 is 21.6 Å². The van der Waals surface area contributed by atoms with E-state index in [-0.39, 0.29) is 4.90 Å². The van der Waals surface area contributed by atoms with Crippen LogP contribution in [0.25, 0.3) is 0 Å². The van der Waals surface area contributed by atoms with E-state index in [0.717, 1.165) is 31.2 Å². The molecule has 2 rings (SSSR count). The second-order valence-electron chi connectivity index (χ2n) is 4.92. The van der Waals surface area contributed by atoms with E-state index in [1.54, 1.807) is 12.1 Å². The quantitative estimate of drug-likeness (QED) is 0.851. The minimum atomic E-state index is -4.71. The van der Waals surface area contributed by atoms with Crippen LogP contribution in [0.3, 0.4) is 0 Å². The highest BCUT2D eigenvalue weighted by atomic mass is 32.2. The highest BCUT2D eigenvalue weighted by Gasteiger charge is 2.35. The van der Waals surface area contributed by atoms with E-state index in [4.69, 9.17) is 0 Å². The second kappa shape index (κ2) is 5.15. The maximum absolute atomic E-state index is 12.2. The molecule has 0 N–H and O–H groups in total. The largest absolute Gasteiger partial charge is 0.403 e. The number of hydrogen-bond donors (Lipinski definition) is 0. The summed E-state index contributed by atoms with van der Waals surface area (Å²) >= 11 is 0. The Balaban J connectivity index is 2.18. The molecule has 0 amide bonds. The van der Waals surface area contributed by atoms with Crippen molar-refractivity contribution in [2.75, 3.05) is 5.75 Å². The third-order valence-electron chi connectivity index (χ3n) is 3.42. The molecule has 6 heteroatoms. The number of halogens is 3. The molecule has 0 spiro atoms. The van der Waals surface area contributed by atoms with Gasteiger partial charge in [0.05, 0.1) is 4.90 Å². The molecule has 1 aliphatic rings. The minimum absolute atomic E-state index is 0.258. The van der Waals surface area contributed by atoms with E-state index < -0.39 is 21.8 Å². The predicted molar refractivity (Wildman–Crippen MR) is 65.8 cm³/mol. The molecule has 0 aliphatic heterocycles. The van der Waals surface area contributed by atoms with Crippen LogP contribution in [-0.4, -0.2) is 20.3 Å². The molecule has 2 nitrogen and oxygen atoms in total. The first-order valence-corrected chi connectivity index (χ1v) is 7.83. The fraction of sp³-hybridized carbons (Fsp3) is 0.538. The van der Waals surface area contributed by atoms with Gasteiger partial charge in [-0.15, -0.1) is 0 Å². The number of hydrogen-bond acceptors (Lipinski definition) is 2. The van der Waals surface area contributed by atoms with Crippen molar-refractivity contribution in [3.63, 3.8) is 0 Å². The van der Waals surface area contributed by atoms with Crippen molar-refractivity contribution in [3.8, 4) is 0 Å². The lowest BCUT2D eigenvalue weighted by atomic mass is 9.98. The Hall–Kier alpha value is -1.04. The lowest BCUT2D eigenvalue weighted by Gasteiger charge is -2.11. The maximum Gasteiger partial charge on any atom is 0.403 e. The lowest BCUT2D eigenvalue weighted by Crippen LogP contribution is -2.22. The Kier molecular flexibility index (Phi) is 3.90. The van der Waals surface area contributed by atoms with E-state index >= 15 is 0 Å². The second-order valence-corrected chi connectivity index (χ2v) is 6.91. The van der Waals surface area contributed by atoms with E-state index in [1.165, 1.54) is 12.1 Å². The molecule has 106 valence electrons. The molecule has 0 unspecified atom stereocenters. The SMILES string of the molecule is O=S(=O)(CC(F)(F)F)c1ccc(C2CCCC2)cc1. The van der Waals surface area contributed by atoms with Crippen molar-refractivity contribution in [3.05, 3.63) is 29.8 Å². The fourth-order valence-corrected chi connectivity index (χ4v) is 3.65. The lowest BCUT2D eigenvalue weighted by molar-refractivity contribution is -0.106. The van der Waals surface area contributed by atoms with Crippen molar-refractivity contribution in [2.45, 2.75) is 42.7 Å². The van der Waals surface area contributed by atoms with Crippen molar-refractivity contribution in [1.29, 1.82) is 0 Å². The highest BCUT2D eigenvalue weighted by molar-refractivity contribution is 7.91. The molecule has 0 aromatic heterocycles. The van der Waals surface area contributed by atoms with E-state index in [2.05, 4.69) is 0 Å². The van der Waals surface area contributed by atoms with Gasteiger partial charge in [0.2, 0.25) is 0 Å². The topological polar surface area (TPSA) is 34.1 Å². The zero-order valence-corrected chi connectivity index (χ0v) is 11.1. The zero-order chi connectivity index (χ0) is 14.1. The van der Waals surface area contributed by atoms with E-state index in [1.807, 2.05) is 0 Å². The van der Waals surface area contributed by atoms with Gasteiger partial charge in [0.25, 0.3) is 0 Å². The van der Waals surface area contributed by atoms with E-state index in [0.29, 0.717) is 5.92 Å². The van der Waals surface area contributed by atoms with Crippen LogP contribution in [-0.2, 0) is 9.84 Å². The van der Waals surface area contributed by atoms with Gasteiger partial charge in [-0.25, -0.2) is 8.42 Å². The van der Waals surface area contributed by atoms with Crippen LogP contribution in [0.2, 0.25) is 0 Å². The van der Waals surface area contributed by atoms with Crippen LogP contribution < -0.4 is 0 Å². The first kappa shape index (κ1) is 14.4. The Labute approximate surface area is 110 Å². The van der Waals surface area contributed by atoms with Crippen LogP contribution in [0.1, 0.15) is 37.2 Å². The summed E-state index contributed by atoms with van der Waals surface area (Å²) in [6, 6.07) is 5.85. The van der Waals surface area contributed by atoms with Gasteiger partial charge in [-0.2, -0.15) is 13.2 Å². The smallest absolute Gasteiger partial charge is 0.223 e. The van der Waals surface area contributed by atoms with Gasteiger partial charge >= 0.3 is 6.18 Å². The summed E-state index contributed by atoms with van der Waals surface area (Å²) in [5, 5.41) is 0. The maximum atomic E-state index is 12.2. The monoisotopic (exact) mass is 292 g/mol. The zero-order valence-electron chi connectivity index (χ0n) is 10.3. The van der Waals surface area contributed by atoms with Crippen LogP contribution in [0.5, 0.6) is 0 Å². The Bertz CT molecular complexity index is 526. The van der Waals surface area contributed by atoms with Crippen molar-refractivity contribution >= 4 is 9.84 Å². The summed E-state index contributed by atoms with van der Waals surface area (Å²) in [6.45, 7) is 0. The van der Waals surface area contributed by atoms with E-state index in [9.17, 15) is 21.6 Å². The van der Waals surface area contributed by atoms with Gasteiger partial charge in [-0.1, -0.05) is 25.0 Å². The molecule has 0 bridgehead atoms. The Morgan fingerprint density at radius 3 is 2.05 bits per heavy atom.